The largest absolute Gasteiger partial charge is 0.382 e. The first-order valence-electron chi connectivity index (χ1n) is 6.75. The van der Waals surface area contributed by atoms with Gasteiger partial charge in [-0.05, 0) is 42.5 Å². The summed E-state index contributed by atoms with van der Waals surface area (Å²) in [7, 11) is 0. The van der Waals surface area contributed by atoms with Crippen LogP contribution >= 0.6 is 0 Å². The summed E-state index contributed by atoms with van der Waals surface area (Å²) < 4.78 is 0. The van der Waals surface area contributed by atoms with Crippen LogP contribution in [0.25, 0.3) is 0 Å². The van der Waals surface area contributed by atoms with E-state index in [0.717, 1.165) is 11.4 Å². The molecular formula is C18H26N2. The molecule has 20 heavy (non-hydrogen) atoms. The molecule has 0 bridgehead atoms. The maximum absolute atomic E-state index is 3.78. The van der Waals surface area contributed by atoms with E-state index in [9.17, 15) is 0 Å². The van der Waals surface area contributed by atoms with Crippen LogP contribution in [0.2, 0.25) is 0 Å². The van der Waals surface area contributed by atoms with Gasteiger partial charge in [0.2, 0.25) is 0 Å². The molecule has 2 nitrogen and oxygen atoms in total. The van der Waals surface area contributed by atoms with Gasteiger partial charge in [-0.2, -0.15) is 0 Å². The van der Waals surface area contributed by atoms with Crippen LogP contribution in [0, 0.1) is 5.92 Å². The first-order valence-corrected chi connectivity index (χ1v) is 6.75. The van der Waals surface area contributed by atoms with Crippen molar-refractivity contribution in [3.63, 3.8) is 0 Å². The van der Waals surface area contributed by atoms with Crippen LogP contribution in [-0.4, -0.2) is 6.54 Å². The van der Waals surface area contributed by atoms with E-state index in [1.54, 1.807) is 18.2 Å². The predicted molar refractivity (Wildman–Crippen MR) is 91.0 cm³/mol. The molecule has 0 aromatic rings. The monoisotopic (exact) mass is 270 g/mol. The number of hydrogen-bond acceptors (Lipinski definition) is 2. The molecule has 2 N–H and O–H groups in total. The number of rotatable bonds is 10. The van der Waals surface area contributed by atoms with Crippen LogP contribution in [0.15, 0.2) is 85.9 Å². The highest BCUT2D eigenvalue weighted by Crippen LogP contribution is 1.97. The van der Waals surface area contributed by atoms with E-state index in [0.29, 0.717) is 12.5 Å². The Kier molecular flexibility index (Phi) is 10.5. The molecule has 0 aliphatic heterocycles. The highest BCUT2D eigenvalue weighted by Gasteiger charge is 1.87. The summed E-state index contributed by atoms with van der Waals surface area (Å²) in [5.74, 6) is 0.547. The lowest BCUT2D eigenvalue weighted by Gasteiger charge is -2.03. The third kappa shape index (κ3) is 9.77. The second kappa shape index (κ2) is 11.8. The summed E-state index contributed by atoms with van der Waals surface area (Å²) in [6.07, 6.45) is 17.2. The average Bonchev–Trinajstić information content (AvgIpc) is 2.43. The van der Waals surface area contributed by atoms with Gasteiger partial charge >= 0.3 is 0 Å². The lowest BCUT2D eigenvalue weighted by atomic mass is 10.2. The molecule has 0 saturated heterocycles. The third-order valence-corrected chi connectivity index (χ3v) is 2.30. The molecule has 0 aliphatic rings. The van der Waals surface area contributed by atoms with E-state index in [-0.39, 0.29) is 0 Å². The Hall–Kier alpha value is -2.22. The Morgan fingerprint density at radius 2 is 1.75 bits per heavy atom. The Morgan fingerprint density at radius 1 is 1.05 bits per heavy atom. The van der Waals surface area contributed by atoms with E-state index in [1.165, 1.54) is 0 Å². The zero-order valence-electron chi connectivity index (χ0n) is 12.6. The quantitative estimate of drug-likeness (QED) is 0.581. The summed E-state index contributed by atoms with van der Waals surface area (Å²) in [6.45, 7) is 16.1. The van der Waals surface area contributed by atoms with Gasteiger partial charge in [0, 0.05) is 17.9 Å². The van der Waals surface area contributed by atoms with Crippen LogP contribution < -0.4 is 10.6 Å². The number of hydrogen-bond donors (Lipinski definition) is 2. The molecule has 108 valence electrons. The zero-order valence-corrected chi connectivity index (χ0v) is 12.6. The van der Waals surface area contributed by atoms with Gasteiger partial charge in [0.05, 0.1) is 0 Å². The first-order chi connectivity index (χ1) is 9.63. The van der Waals surface area contributed by atoms with Crippen LogP contribution in [-0.2, 0) is 0 Å². The van der Waals surface area contributed by atoms with E-state index in [4.69, 9.17) is 0 Å². The van der Waals surface area contributed by atoms with Crippen LogP contribution in [0.3, 0.4) is 0 Å². The lowest BCUT2D eigenvalue weighted by Crippen LogP contribution is -2.12. The molecule has 0 fully saturated rings. The fourth-order valence-corrected chi connectivity index (χ4v) is 1.27. The Morgan fingerprint density at radius 3 is 2.30 bits per heavy atom. The van der Waals surface area contributed by atoms with E-state index in [2.05, 4.69) is 50.3 Å². The van der Waals surface area contributed by atoms with Crippen LogP contribution in [0.4, 0.5) is 0 Å². The van der Waals surface area contributed by atoms with Gasteiger partial charge in [-0.3, -0.25) is 0 Å². The van der Waals surface area contributed by atoms with E-state index >= 15 is 0 Å². The molecule has 2 heteroatoms. The summed E-state index contributed by atoms with van der Waals surface area (Å²) in [4.78, 5) is 0. The van der Waals surface area contributed by atoms with Crippen molar-refractivity contribution in [1.29, 1.82) is 0 Å². The smallest absolute Gasteiger partial charge is 0.0373 e. The molecule has 0 rings (SSSR count). The molecular weight excluding hydrogens is 244 g/mol. The van der Waals surface area contributed by atoms with Gasteiger partial charge in [-0.1, -0.05) is 51.8 Å². The second-order valence-electron chi connectivity index (χ2n) is 4.44. The molecule has 0 aliphatic carbocycles. The predicted octanol–water partition coefficient (Wildman–Crippen LogP) is 4.22. The third-order valence-electron chi connectivity index (χ3n) is 2.30. The van der Waals surface area contributed by atoms with Gasteiger partial charge < -0.3 is 10.6 Å². The molecule has 0 heterocycles. The molecule has 0 aromatic heterocycles. The fraction of sp³-hybridized carbons (Fsp3) is 0.222. The van der Waals surface area contributed by atoms with Crippen molar-refractivity contribution in [2.45, 2.75) is 13.8 Å². The van der Waals surface area contributed by atoms with Gasteiger partial charge in [-0.25, -0.2) is 0 Å². The molecule has 0 aromatic carbocycles. The standard InChI is InChI=1S/C18H26N2/c1-6-11-17(7-2)19-14-10-15-20-18(8-3)13-9-12-16(4)5/h6-13,15-16,19-20H,1-3,14H2,4-5H3/b12-9+,15-10+,17-11+,18-13+. The Bertz CT molecular complexity index is 421. The van der Waals surface area contributed by atoms with Gasteiger partial charge in [0.1, 0.15) is 0 Å². The van der Waals surface area contributed by atoms with Crippen LogP contribution in [0.1, 0.15) is 13.8 Å². The van der Waals surface area contributed by atoms with Gasteiger partial charge in [0.25, 0.3) is 0 Å². The molecule has 0 spiro atoms. The normalized spacial score (nSPS) is 12.9. The van der Waals surface area contributed by atoms with E-state index < -0.39 is 0 Å². The van der Waals surface area contributed by atoms with Crippen molar-refractivity contribution >= 4 is 0 Å². The molecule has 0 amide bonds. The van der Waals surface area contributed by atoms with E-state index in [1.807, 2.05) is 30.5 Å². The highest BCUT2D eigenvalue weighted by atomic mass is 14.9. The van der Waals surface area contributed by atoms with Gasteiger partial charge in [0.15, 0.2) is 0 Å². The molecule has 0 atom stereocenters. The minimum Gasteiger partial charge on any atom is -0.382 e. The van der Waals surface area contributed by atoms with Gasteiger partial charge in [-0.15, -0.1) is 0 Å². The van der Waals surface area contributed by atoms with Crippen molar-refractivity contribution in [1.82, 2.24) is 10.6 Å². The van der Waals surface area contributed by atoms with Crippen molar-refractivity contribution in [3.8, 4) is 0 Å². The fourth-order valence-electron chi connectivity index (χ4n) is 1.27. The summed E-state index contributed by atoms with van der Waals surface area (Å²) in [5.41, 5.74) is 1.91. The molecule has 0 saturated carbocycles. The summed E-state index contributed by atoms with van der Waals surface area (Å²) in [5, 5.41) is 6.38. The topological polar surface area (TPSA) is 24.1 Å². The Labute approximate surface area is 123 Å². The Balaban J connectivity index is 4.21. The lowest BCUT2D eigenvalue weighted by molar-refractivity contribution is 0.831. The first kappa shape index (κ1) is 17.8. The molecule has 0 radical (unpaired) electrons. The number of allylic oxidation sites excluding steroid dienone is 7. The summed E-state index contributed by atoms with van der Waals surface area (Å²) in [6, 6.07) is 0. The average molecular weight is 270 g/mol. The van der Waals surface area contributed by atoms with Crippen molar-refractivity contribution in [3.05, 3.63) is 85.9 Å². The zero-order chi connectivity index (χ0) is 15.2. The SMILES string of the molecule is C=C/C=C(\C=C)NC/C=C/N/C(C=C)=C/C=C/C(C)C. The maximum Gasteiger partial charge on any atom is 0.0373 e. The van der Waals surface area contributed by atoms with Crippen LogP contribution in [0.5, 0.6) is 0 Å². The minimum atomic E-state index is 0.547. The maximum atomic E-state index is 3.78. The number of nitrogens with one attached hydrogen (secondary N) is 2. The highest BCUT2D eigenvalue weighted by molar-refractivity contribution is 5.23. The van der Waals surface area contributed by atoms with Crippen molar-refractivity contribution < 1.29 is 0 Å². The minimum absolute atomic E-state index is 0.547. The summed E-state index contributed by atoms with van der Waals surface area (Å²) >= 11 is 0. The molecule has 0 unspecified atom stereocenters. The second-order valence-corrected chi connectivity index (χ2v) is 4.44. The van der Waals surface area contributed by atoms with Crippen molar-refractivity contribution in [2.24, 2.45) is 5.92 Å². The van der Waals surface area contributed by atoms with Crippen molar-refractivity contribution in [2.75, 3.05) is 6.54 Å².